The van der Waals surface area contributed by atoms with E-state index in [4.69, 9.17) is 5.73 Å². The molecule has 1 atom stereocenters. The fourth-order valence-corrected chi connectivity index (χ4v) is 3.52. The summed E-state index contributed by atoms with van der Waals surface area (Å²) in [6.07, 6.45) is 0.764. The third-order valence-corrected chi connectivity index (χ3v) is 5.19. The summed E-state index contributed by atoms with van der Waals surface area (Å²) in [5.74, 6) is 0. The normalized spacial score (nSPS) is 13.0. The molecule has 6 heteroatoms. The zero-order valence-corrected chi connectivity index (χ0v) is 13.4. The van der Waals surface area contributed by atoms with Crippen LogP contribution in [0.1, 0.15) is 33.0 Å². The van der Waals surface area contributed by atoms with Gasteiger partial charge >= 0.3 is 0 Å². The Kier molecular flexibility index (Phi) is 3.89. The molecular weight excluding hydrogens is 312 g/mol. The van der Waals surface area contributed by atoms with E-state index in [-0.39, 0.29) is 6.04 Å². The maximum absolute atomic E-state index is 6.30. The molecule has 2 heterocycles. The van der Waals surface area contributed by atoms with Gasteiger partial charge in [-0.3, -0.25) is 4.68 Å². The summed E-state index contributed by atoms with van der Waals surface area (Å²) >= 11 is 5.25. The topological polar surface area (TPSA) is 56.7 Å². The lowest BCUT2D eigenvalue weighted by atomic mass is 10.1. The first-order valence-corrected chi connectivity index (χ1v) is 7.38. The lowest BCUT2D eigenvalue weighted by Gasteiger charge is -2.11. The first-order chi connectivity index (χ1) is 8.40. The molecule has 2 aromatic heterocycles. The third kappa shape index (κ3) is 2.50. The van der Waals surface area contributed by atoms with Crippen LogP contribution in [0.5, 0.6) is 0 Å². The summed E-state index contributed by atoms with van der Waals surface area (Å²) in [5, 5.41) is 5.45. The molecule has 1 unspecified atom stereocenters. The van der Waals surface area contributed by atoms with E-state index in [0.717, 1.165) is 33.0 Å². The predicted octanol–water partition coefficient (Wildman–Crippen LogP) is 2.81. The van der Waals surface area contributed by atoms with Crippen molar-refractivity contribution in [2.75, 3.05) is 0 Å². The predicted molar refractivity (Wildman–Crippen MR) is 77.9 cm³/mol. The number of nitrogens with two attached hydrogens (primary N) is 1. The molecule has 0 saturated heterocycles. The summed E-state index contributed by atoms with van der Waals surface area (Å²) < 4.78 is 2.95. The molecule has 0 aliphatic carbocycles. The van der Waals surface area contributed by atoms with E-state index in [1.54, 1.807) is 11.3 Å². The van der Waals surface area contributed by atoms with E-state index in [1.807, 2.05) is 32.5 Å². The molecule has 2 rings (SSSR count). The highest BCUT2D eigenvalue weighted by Gasteiger charge is 2.18. The van der Waals surface area contributed by atoms with Crippen LogP contribution in [-0.4, -0.2) is 14.8 Å². The lowest BCUT2D eigenvalue weighted by molar-refractivity contribution is 0.641. The Bertz CT molecular complexity index is 573. The summed E-state index contributed by atoms with van der Waals surface area (Å²) in [7, 11) is 1.95. The van der Waals surface area contributed by atoms with Crippen LogP contribution in [0.3, 0.4) is 0 Å². The SMILES string of the molecule is Cc1nc(C)c(C(N)Cc2c(Br)c(C)nn2C)s1. The maximum Gasteiger partial charge on any atom is 0.0900 e. The monoisotopic (exact) mass is 328 g/mol. The fourth-order valence-electron chi connectivity index (χ4n) is 2.09. The summed E-state index contributed by atoms with van der Waals surface area (Å²) in [6, 6.07) is -0.0256. The smallest absolute Gasteiger partial charge is 0.0900 e. The Morgan fingerprint density at radius 2 is 2.00 bits per heavy atom. The number of halogens is 1. The Hall–Kier alpha value is -0.720. The molecule has 98 valence electrons. The minimum absolute atomic E-state index is 0.0256. The van der Waals surface area contributed by atoms with E-state index in [2.05, 4.69) is 26.0 Å². The second-order valence-corrected chi connectivity index (χ2v) is 6.49. The second-order valence-electron chi connectivity index (χ2n) is 4.46. The van der Waals surface area contributed by atoms with Crippen molar-refractivity contribution in [2.24, 2.45) is 12.8 Å². The van der Waals surface area contributed by atoms with Gasteiger partial charge in [0.25, 0.3) is 0 Å². The summed E-state index contributed by atoms with van der Waals surface area (Å²) in [6.45, 7) is 6.02. The van der Waals surface area contributed by atoms with Crippen LogP contribution in [0.4, 0.5) is 0 Å². The maximum atomic E-state index is 6.30. The Balaban J connectivity index is 2.26. The molecule has 0 spiro atoms. The molecule has 0 fully saturated rings. The van der Waals surface area contributed by atoms with Crippen molar-refractivity contribution in [3.63, 3.8) is 0 Å². The van der Waals surface area contributed by atoms with Crippen LogP contribution in [-0.2, 0) is 13.5 Å². The highest BCUT2D eigenvalue weighted by atomic mass is 79.9. The van der Waals surface area contributed by atoms with Crippen molar-refractivity contribution in [3.8, 4) is 0 Å². The highest BCUT2D eigenvalue weighted by molar-refractivity contribution is 9.10. The molecule has 0 saturated carbocycles. The summed E-state index contributed by atoms with van der Waals surface area (Å²) in [4.78, 5) is 5.59. The van der Waals surface area contributed by atoms with Crippen LogP contribution in [0, 0.1) is 20.8 Å². The highest BCUT2D eigenvalue weighted by Crippen LogP contribution is 2.29. The van der Waals surface area contributed by atoms with Crippen molar-refractivity contribution in [2.45, 2.75) is 33.2 Å². The molecule has 0 aliphatic heterocycles. The standard InChI is InChI=1S/C12H17BrN4S/c1-6-11(13)10(17(4)16-6)5-9(14)12-7(2)15-8(3)18-12/h9H,5,14H2,1-4H3. The molecule has 0 radical (unpaired) electrons. The van der Waals surface area contributed by atoms with Gasteiger partial charge in [-0.25, -0.2) is 4.98 Å². The quantitative estimate of drug-likeness (QED) is 0.942. The van der Waals surface area contributed by atoms with Crippen molar-refractivity contribution in [1.82, 2.24) is 14.8 Å². The Morgan fingerprint density at radius 3 is 2.44 bits per heavy atom. The molecule has 2 aromatic rings. The molecule has 4 nitrogen and oxygen atoms in total. The van der Waals surface area contributed by atoms with Gasteiger partial charge in [-0.05, 0) is 36.7 Å². The van der Waals surface area contributed by atoms with Gasteiger partial charge < -0.3 is 5.73 Å². The lowest BCUT2D eigenvalue weighted by Crippen LogP contribution is -2.15. The minimum atomic E-state index is -0.0256. The van der Waals surface area contributed by atoms with Gasteiger partial charge in [0.2, 0.25) is 0 Å². The number of hydrogen-bond donors (Lipinski definition) is 1. The fraction of sp³-hybridized carbons (Fsp3) is 0.500. The van der Waals surface area contributed by atoms with Crippen LogP contribution >= 0.6 is 27.3 Å². The Morgan fingerprint density at radius 1 is 1.33 bits per heavy atom. The molecular formula is C12H17BrN4S. The minimum Gasteiger partial charge on any atom is -0.323 e. The van der Waals surface area contributed by atoms with E-state index < -0.39 is 0 Å². The van der Waals surface area contributed by atoms with Gasteiger partial charge in [-0.1, -0.05) is 0 Å². The zero-order valence-electron chi connectivity index (χ0n) is 11.0. The van der Waals surface area contributed by atoms with Gasteiger partial charge in [0, 0.05) is 24.4 Å². The number of aromatic nitrogens is 3. The van der Waals surface area contributed by atoms with Crippen LogP contribution in [0.15, 0.2) is 4.47 Å². The van der Waals surface area contributed by atoms with Crippen LogP contribution in [0.2, 0.25) is 0 Å². The molecule has 0 aliphatic rings. The number of aryl methyl sites for hydroxylation is 4. The van der Waals surface area contributed by atoms with Gasteiger partial charge in [-0.2, -0.15) is 5.10 Å². The van der Waals surface area contributed by atoms with Gasteiger partial charge in [0.1, 0.15) is 0 Å². The largest absolute Gasteiger partial charge is 0.323 e. The average Bonchev–Trinajstić information content (AvgIpc) is 2.73. The number of hydrogen-bond acceptors (Lipinski definition) is 4. The van der Waals surface area contributed by atoms with Crippen molar-refractivity contribution in [3.05, 3.63) is 31.4 Å². The third-order valence-electron chi connectivity index (χ3n) is 2.95. The van der Waals surface area contributed by atoms with Crippen molar-refractivity contribution < 1.29 is 0 Å². The van der Waals surface area contributed by atoms with E-state index in [9.17, 15) is 0 Å². The number of thiazole rings is 1. The second kappa shape index (κ2) is 5.11. The van der Waals surface area contributed by atoms with Crippen molar-refractivity contribution in [1.29, 1.82) is 0 Å². The van der Waals surface area contributed by atoms with Crippen molar-refractivity contribution >= 4 is 27.3 Å². The molecule has 18 heavy (non-hydrogen) atoms. The zero-order chi connectivity index (χ0) is 13.4. The van der Waals surface area contributed by atoms with E-state index in [0.29, 0.717) is 0 Å². The van der Waals surface area contributed by atoms with Gasteiger partial charge in [0.15, 0.2) is 0 Å². The average molecular weight is 329 g/mol. The first kappa shape index (κ1) is 13.7. The van der Waals surface area contributed by atoms with E-state index in [1.165, 1.54) is 4.88 Å². The summed E-state index contributed by atoms with van der Waals surface area (Å²) in [5.41, 5.74) is 9.47. The van der Waals surface area contributed by atoms with Crippen LogP contribution < -0.4 is 5.73 Å². The Labute approximate surface area is 119 Å². The number of nitrogens with zero attached hydrogens (tertiary/aromatic N) is 3. The molecule has 0 aromatic carbocycles. The molecule has 2 N–H and O–H groups in total. The number of rotatable bonds is 3. The van der Waals surface area contributed by atoms with Gasteiger partial charge in [-0.15, -0.1) is 11.3 Å². The molecule has 0 bridgehead atoms. The van der Waals surface area contributed by atoms with Crippen LogP contribution in [0.25, 0.3) is 0 Å². The van der Waals surface area contributed by atoms with Gasteiger partial charge in [0.05, 0.1) is 26.6 Å². The molecule has 0 amide bonds. The van der Waals surface area contributed by atoms with E-state index >= 15 is 0 Å². The first-order valence-electron chi connectivity index (χ1n) is 5.77.